The van der Waals surface area contributed by atoms with Crippen LogP contribution in [0.3, 0.4) is 0 Å². The lowest BCUT2D eigenvalue weighted by Gasteiger charge is -2.13. The molecule has 0 spiro atoms. The number of benzene rings is 1. The van der Waals surface area contributed by atoms with Gasteiger partial charge in [0, 0.05) is 6.54 Å². The number of aromatic amines is 1. The predicted molar refractivity (Wildman–Crippen MR) is 68.7 cm³/mol. The molecule has 114 valence electrons. The zero-order valence-electron chi connectivity index (χ0n) is 10.5. The van der Waals surface area contributed by atoms with Crippen LogP contribution in [-0.2, 0) is 22.7 Å². The fraction of sp³-hybridized carbons (Fsp3) is 0.182. The maximum atomic E-state index is 12.6. The molecule has 0 bridgehead atoms. The van der Waals surface area contributed by atoms with Gasteiger partial charge in [0.15, 0.2) is 5.03 Å². The first kappa shape index (κ1) is 15.3. The smallest absolute Gasteiger partial charge is 0.326 e. The summed E-state index contributed by atoms with van der Waals surface area (Å²) in [6.45, 7) is -0.245. The normalized spacial score (nSPS) is 12.4. The van der Waals surface area contributed by atoms with Gasteiger partial charge in [0.2, 0.25) is 0 Å². The number of hydrogen-bond acceptors (Lipinski definition) is 4. The van der Waals surface area contributed by atoms with Crippen LogP contribution in [0.4, 0.5) is 18.9 Å². The second-order valence-corrected chi connectivity index (χ2v) is 5.75. The number of H-pyrrole nitrogens is 1. The van der Waals surface area contributed by atoms with Crippen molar-refractivity contribution in [1.82, 2.24) is 10.2 Å². The van der Waals surface area contributed by atoms with Crippen LogP contribution in [-0.4, -0.2) is 18.6 Å². The van der Waals surface area contributed by atoms with Crippen molar-refractivity contribution in [2.24, 2.45) is 5.73 Å². The van der Waals surface area contributed by atoms with Crippen LogP contribution in [0.2, 0.25) is 0 Å². The van der Waals surface area contributed by atoms with Gasteiger partial charge >= 0.3 is 6.18 Å². The zero-order valence-corrected chi connectivity index (χ0v) is 11.3. The third-order valence-electron chi connectivity index (χ3n) is 2.66. The second kappa shape index (κ2) is 5.37. The summed E-state index contributed by atoms with van der Waals surface area (Å²) in [5.41, 5.74) is 4.50. The van der Waals surface area contributed by atoms with Crippen LogP contribution in [0, 0.1) is 0 Å². The molecule has 6 nitrogen and oxygen atoms in total. The molecule has 21 heavy (non-hydrogen) atoms. The Morgan fingerprint density at radius 1 is 1.29 bits per heavy atom. The quantitative estimate of drug-likeness (QED) is 0.798. The van der Waals surface area contributed by atoms with Crippen molar-refractivity contribution >= 4 is 15.7 Å². The molecule has 0 saturated carbocycles. The number of alkyl halides is 3. The first-order valence-electron chi connectivity index (χ1n) is 5.66. The minimum atomic E-state index is -4.52. The summed E-state index contributed by atoms with van der Waals surface area (Å²) in [6.07, 6.45) is -3.28. The van der Waals surface area contributed by atoms with Crippen molar-refractivity contribution < 1.29 is 21.6 Å². The van der Waals surface area contributed by atoms with Crippen LogP contribution in [0.5, 0.6) is 0 Å². The highest BCUT2D eigenvalue weighted by Crippen LogP contribution is 2.32. The molecular formula is C11H11F3N4O2S. The van der Waals surface area contributed by atoms with Crippen LogP contribution in [0.1, 0.15) is 11.1 Å². The van der Waals surface area contributed by atoms with Crippen LogP contribution in [0.15, 0.2) is 35.5 Å². The van der Waals surface area contributed by atoms with Crippen molar-refractivity contribution in [2.45, 2.75) is 17.7 Å². The molecule has 1 aromatic heterocycles. The fourth-order valence-corrected chi connectivity index (χ4v) is 2.64. The lowest BCUT2D eigenvalue weighted by atomic mass is 10.1. The third-order valence-corrected chi connectivity index (χ3v) is 3.96. The lowest BCUT2D eigenvalue weighted by Crippen LogP contribution is -2.16. The van der Waals surface area contributed by atoms with E-state index in [0.29, 0.717) is 0 Å². The van der Waals surface area contributed by atoms with E-state index in [2.05, 4.69) is 14.9 Å². The summed E-state index contributed by atoms with van der Waals surface area (Å²) in [6, 6.07) is 3.84. The fourth-order valence-electron chi connectivity index (χ4n) is 1.63. The van der Waals surface area contributed by atoms with Crippen LogP contribution >= 0.6 is 0 Å². The van der Waals surface area contributed by atoms with Gasteiger partial charge in [-0.2, -0.15) is 26.7 Å². The van der Waals surface area contributed by atoms with Gasteiger partial charge in [0.05, 0.1) is 17.4 Å². The van der Waals surface area contributed by atoms with Gasteiger partial charge in [-0.1, -0.05) is 0 Å². The minimum Gasteiger partial charge on any atom is -0.326 e. The molecule has 1 aromatic carbocycles. The molecule has 0 unspecified atom stereocenters. The molecule has 0 radical (unpaired) electrons. The Morgan fingerprint density at radius 2 is 2.00 bits per heavy atom. The van der Waals surface area contributed by atoms with Gasteiger partial charge in [-0.15, -0.1) is 0 Å². The van der Waals surface area contributed by atoms with Gasteiger partial charge in [0.25, 0.3) is 10.0 Å². The first-order chi connectivity index (χ1) is 9.74. The van der Waals surface area contributed by atoms with E-state index in [1.54, 1.807) is 0 Å². The van der Waals surface area contributed by atoms with Gasteiger partial charge in [0.1, 0.15) is 0 Å². The number of aromatic nitrogens is 2. The van der Waals surface area contributed by atoms with E-state index >= 15 is 0 Å². The lowest BCUT2D eigenvalue weighted by molar-refractivity contribution is -0.137. The van der Waals surface area contributed by atoms with E-state index in [-0.39, 0.29) is 22.8 Å². The number of anilines is 1. The van der Waals surface area contributed by atoms with Crippen molar-refractivity contribution in [1.29, 1.82) is 0 Å². The highest BCUT2D eigenvalue weighted by atomic mass is 32.2. The summed E-state index contributed by atoms with van der Waals surface area (Å²) < 4.78 is 63.9. The second-order valence-electron chi connectivity index (χ2n) is 4.10. The summed E-state index contributed by atoms with van der Waals surface area (Å²) in [5, 5.41) is 5.56. The number of rotatable bonds is 4. The summed E-state index contributed by atoms with van der Waals surface area (Å²) in [4.78, 5) is 0. The summed E-state index contributed by atoms with van der Waals surface area (Å²) in [5.74, 6) is 0. The van der Waals surface area contributed by atoms with Crippen LogP contribution < -0.4 is 10.5 Å². The molecule has 0 amide bonds. The van der Waals surface area contributed by atoms with E-state index in [9.17, 15) is 21.6 Å². The van der Waals surface area contributed by atoms with Crippen LogP contribution in [0.25, 0.3) is 0 Å². The molecular weight excluding hydrogens is 309 g/mol. The molecule has 1 heterocycles. The van der Waals surface area contributed by atoms with E-state index < -0.39 is 21.8 Å². The van der Waals surface area contributed by atoms with E-state index in [1.807, 2.05) is 0 Å². The third kappa shape index (κ3) is 3.34. The Bertz CT molecular complexity index is 726. The number of nitrogens with zero attached hydrogens (tertiary/aromatic N) is 1. The summed E-state index contributed by atoms with van der Waals surface area (Å²) in [7, 11) is -3.96. The molecule has 2 rings (SSSR count). The van der Waals surface area contributed by atoms with E-state index in [4.69, 9.17) is 5.73 Å². The van der Waals surface area contributed by atoms with Gasteiger partial charge in [-0.25, -0.2) is 0 Å². The highest BCUT2D eigenvalue weighted by molar-refractivity contribution is 7.92. The zero-order chi connectivity index (χ0) is 15.7. The van der Waals surface area contributed by atoms with Gasteiger partial charge in [-0.05, 0) is 29.8 Å². The average molecular weight is 320 g/mol. The SMILES string of the molecule is NCc1cc(C(F)(F)F)ccc1NS(=O)(=O)c1ccn[nH]1. The molecule has 0 saturated heterocycles. The Kier molecular flexibility index (Phi) is 3.92. The maximum Gasteiger partial charge on any atom is 0.416 e. The largest absolute Gasteiger partial charge is 0.416 e. The molecule has 2 aromatic rings. The van der Waals surface area contributed by atoms with Crippen molar-refractivity contribution in [2.75, 3.05) is 4.72 Å². The molecule has 0 aliphatic rings. The molecule has 4 N–H and O–H groups in total. The first-order valence-corrected chi connectivity index (χ1v) is 7.15. The Morgan fingerprint density at radius 3 is 2.52 bits per heavy atom. The number of nitrogens with two attached hydrogens (primary N) is 1. The van der Waals surface area contributed by atoms with E-state index in [0.717, 1.165) is 18.2 Å². The molecule has 0 aliphatic heterocycles. The molecule has 0 fully saturated rings. The molecule has 10 heteroatoms. The molecule has 0 atom stereocenters. The highest BCUT2D eigenvalue weighted by Gasteiger charge is 2.31. The predicted octanol–water partition coefficient (Wildman–Crippen LogP) is 1.69. The number of hydrogen-bond donors (Lipinski definition) is 3. The average Bonchev–Trinajstić information content (AvgIpc) is 2.92. The summed E-state index contributed by atoms with van der Waals surface area (Å²) >= 11 is 0. The van der Waals surface area contributed by atoms with Crippen molar-refractivity contribution in [3.8, 4) is 0 Å². The monoisotopic (exact) mass is 320 g/mol. The minimum absolute atomic E-state index is 0.0138. The van der Waals surface area contributed by atoms with Gasteiger partial charge < -0.3 is 5.73 Å². The Labute approximate surface area is 118 Å². The molecule has 0 aliphatic carbocycles. The van der Waals surface area contributed by atoms with Crippen molar-refractivity contribution in [3.05, 3.63) is 41.6 Å². The number of sulfonamides is 1. The Balaban J connectivity index is 2.37. The Hall–Kier alpha value is -2.07. The number of halogens is 3. The standard InChI is InChI=1S/C11H11F3N4O2S/c12-11(13,14)8-1-2-9(7(5-8)6-15)18-21(19,20)10-3-4-16-17-10/h1-5,18H,6,15H2,(H,16,17). The maximum absolute atomic E-state index is 12.6. The van der Waals surface area contributed by atoms with Crippen molar-refractivity contribution in [3.63, 3.8) is 0 Å². The van der Waals surface area contributed by atoms with E-state index in [1.165, 1.54) is 12.3 Å². The topological polar surface area (TPSA) is 101 Å². The van der Waals surface area contributed by atoms with Gasteiger partial charge in [-0.3, -0.25) is 9.82 Å². The number of nitrogens with one attached hydrogen (secondary N) is 2.